The number of hydrogen-bond acceptors (Lipinski definition) is 5. The number of nitrogens with one attached hydrogen (secondary N) is 2. The van der Waals surface area contributed by atoms with Gasteiger partial charge in [0.25, 0.3) is 11.8 Å². The first-order valence-corrected chi connectivity index (χ1v) is 8.49. The van der Waals surface area contributed by atoms with Crippen LogP contribution in [0.1, 0.15) is 15.9 Å². The molecule has 0 aliphatic carbocycles. The number of aliphatic carboxylic acids is 1. The molecule has 8 nitrogen and oxygen atoms in total. The lowest BCUT2D eigenvalue weighted by Gasteiger charge is -2.11. The Morgan fingerprint density at radius 1 is 1.11 bits per heavy atom. The van der Waals surface area contributed by atoms with Gasteiger partial charge in [0.2, 0.25) is 6.79 Å². The quantitative estimate of drug-likeness (QED) is 0.637. The second-order valence-electron chi connectivity index (χ2n) is 5.68. The summed E-state index contributed by atoms with van der Waals surface area (Å²) in [5.74, 6) is -1.53. The number of halogens is 1. The largest absolute Gasteiger partial charge is 0.480 e. The zero-order chi connectivity index (χ0) is 20.1. The highest BCUT2D eigenvalue weighted by Crippen LogP contribution is 2.33. The predicted molar refractivity (Wildman–Crippen MR) is 100 cm³/mol. The molecule has 0 spiro atoms. The highest BCUT2D eigenvalue weighted by Gasteiger charge is 2.18. The number of rotatable bonds is 6. The van der Waals surface area contributed by atoms with Gasteiger partial charge in [-0.15, -0.1) is 0 Å². The Morgan fingerprint density at radius 3 is 2.61 bits per heavy atom. The van der Waals surface area contributed by atoms with Crippen LogP contribution < -0.4 is 20.1 Å². The number of carboxylic acids is 1. The van der Waals surface area contributed by atoms with Gasteiger partial charge in [-0.3, -0.25) is 14.4 Å². The van der Waals surface area contributed by atoms with Crippen LogP contribution in [-0.2, 0) is 9.59 Å². The van der Waals surface area contributed by atoms with Crippen LogP contribution in [0.25, 0.3) is 6.08 Å². The van der Waals surface area contributed by atoms with Crippen molar-refractivity contribution in [2.75, 3.05) is 13.3 Å². The zero-order valence-corrected chi connectivity index (χ0v) is 15.2. The van der Waals surface area contributed by atoms with Crippen LogP contribution in [0.5, 0.6) is 11.5 Å². The van der Waals surface area contributed by atoms with Crippen LogP contribution >= 0.6 is 11.6 Å². The molecule has 0 bridgehead atoms. The Morgan fingerprint density at radius 2 is 1.86 bits per heavy atom. The van der Waals surface area contributed by atoms with Crippen molar-refractivity contribution in [2.24, 2.45) is 0 Å². The molecule has 0 fully saturated rings. The van der Waals surface area contributed by atoms with Crippen molar-refractivity contribution in [2.45, 2.75) is 0 Å². The van der Waals surface area contributed by atoms with E-state index < -0.39 is 24.3 Å². The van der Waals surface area contributed by atoms with Crippen molar-refractivity contribution >= 4 is 35.5 Å². The van der Waals surface area contributed by atoms with E-state index in [4.69, 9.17) is 26.2 Å². The highest BCUT2D eigenvalue weighted by atomic mass is 35.5. The zero-order valence-electron chi connectivity index (χ0n) is 14.4. The fraction of sp³-hybridized carbons (Fsp3) is 0.105. The third-order valence-corrected chi connectivity index (χ3v) is 4.05. The molecule has 2 amide bonds. The van der Waals surface area contributed by atoms with Crippen molar-refractivity contribution in [3.05, 3.63) is 64.3 Å². The van der Waals surface area contributed by atoms with E-state index >= 15 is 0 Å². The molecule has 0 unspecified atom stereocenters. The monoisotopic (exact) mass is 402 g/mol. The first kappa shape index (κ1) is 19.2. The maximum absolute atomic E-state index is 12.5. The molecular formula is C19H15ClN2O6. The lowest BCUT2D eigenvalue weighted by molar-refractivity contribution is -0.137. The first-order chi connectivity index (χ1) is 13.4. The maximum atomic E-state index is 12.5. The van der Waals surface area contributed by atoms with Gasteiger partial charge in [0.15, 0.2) is 11.5 Å². The molecule has 0 saturated carbocycles. The van der Waals surface area contributed by atoms with Crippen molar-refractivity contribution in [1.82, 2.24) is 10.6 Å². The number of fused-ring (bicyclic) bond motifs is 1. The number of amides is 2. The van der Waals surface area contributed by atoms with Crippen LogP contribution in [0.15, 0.2) is 48.2 Å². The van der Waals surface area contributed by atoms with Gasteiger partial charge in [-0.05, 0) is 35.9 Å². The van der Waals surface area contributed by atoms with Crippen LogP contribution in [-0.4, -0.2) is 36.2 Å². The van der Waals surface area contributed by atoms with E-state index in [1.54, 1.807) is 36.4 Å². The van der Waals surface area contributed by atoms with Crippen molar-refractivity contribution in [3.63, 3.8) is 0 Å². The van der Waals surface area contributed by atoms with Gasteiger partial charge in [0.05, 0.1) is 10.6 Å². The number of benzene rings is 2. The van der Waals surface area contributed by atoms with Crippen LogP contribution in [0, 0.1) is 0 Å². The molecule has 2 aromatic rings. The average Bonchev–Trinajstić information content (AvgIpc) is 3.13. The van der Waals surface area contributed by atoms with Gasteiger partial charge < -0.3 is 25.2 Å². The Balaban J connectivity index is 1.88. The summed E-state index contributed by atoms with van der Waals surface area (Å²) in [6, 6.07) is 11.3. The fourth-order valence-corrected chi connectivity index (χ4v) is 2.64. The van der Waals surface area contributed by atoms with Gasteiger partial charge in [-0.2, -0.15) is 0 Å². The van der Waals surface area contributed by atoms with Gasteiger partial charge in [0, 0.05) is 0 Å². The van der Waals surface area contributed by atoms with Gasteiger partial charge in [-0.1, -0.05) is 29.8 Å². The Kier molecular flexibility index (Phi) is 5.81. The SMILES string of the molecule is O=C(O)CNC(=O)/C(=C\c1ccc2c(c1)OCO2)NC(=O)c1ccccc1Cl. The number of carbonyl (C=O) groups excluding carboxylic acids is 2. The van der Waals surface area contributed by atoms with Gasteiger partial charge in [-0.25, -0.2) is 0 Å². The lowest BCUT2D eigenvalue weighted by atomic mass is 10.1. The molecular weight excluding hydrogens is 388 g/mol. The van der Waals surface area contributed by atoms with E-state index in [9.17, 15) is 14.4 Å². The molecule has 3 N–H and O–H groups in total. The minimum absolute atomic E-state index is 0.0949. The molecule has 9 heteroatoms. The minimum Gasteiger partial charge on any atom is -0.480 e. The average molecular weight is 403 g/mol. The van der Waals surface area contributed by atoms with E-state index in [-0.39, 0.29) is 23.1 Å². The standard InChI is InChI=1S/C19H15ClN2O6/c20-13-4-2-1-3-12(13)18(25)22-14(19(26)21-9-17(23)24)7-11-5-6-15-16(8-11)28-10-27-15/h1-8H,9-10H2,(H,21,26)(H,22,25)(H,23,24)/b14-7+. The summed E-state index contributed by atoms with van der Waals surface area (Å²) >= 11 is 6.02. The number of carbonyl (C=O) groups is 3. The molecule has 144 valence electrons. The van der Waals surface area contributed by atoms with Crippen molar-refractivity contribution < 1.29 is 29.0 Å². The molecule has 0 atom stereocenters. The number of hydrogen-bond donors (Lipinski definition) is 3. The summed E-state index contributed by atoms with van der Waals surface area (Å²) < 4.78 is 10.5. The van der Waals surface area contributed by atoms with Crippen molar-refractivity contribution in [1.29, 1.82) is 0 Å². The summed E-state index contributed by atoms with van der Waals surface area (Å²) in [6.45, 7) is -0.503. The fourth-order valence-electron chi connectivity index (χ4n) is 2.41. The smallest absolute Gasteiger partial charge is 0.322 e. The summed E-state index contributed by atoms with van der Waals surface area (Å²) in [6.07, 6.45) is 1.40. The minimum atomic E-state index is -1.21. The highest BCUT2D eigenvalue weighted by molar-refractivity contribution is 6.34. The maximum Gasteiger partial charge on any atom is 0.322 e. The van der Waals surface area contributed by atoms with E-state index in [0.29, 0.717) is 17.1 Å². The van der Waals surface area contributed by atoms with E-state index in [0.717, 1.165) is 0 Å². The first-order valence-electron chi connectivity index (χ1n) is 8.11. The Hall–Kier alpha value is -3.52. The summed E-state index contributed by atoms with van der Waals surface area (Å²) in [5.41, 5.74) is 0.570. The van der Waals surface area contributed by atoms with Crippen LogP contribution in [0.3, 0.4) is 0 Å². The molecule has 2 aromatic carbocycles. The second kappa shape index (κ2) is 8.45. The Labute approximate surface area is 164 Å². The van der Waals surface area contributed by atoms with E-state index in [1.807, 2.05) is 0 Å². The Bertz CT molecular complexity index is 973. The summed E-state index contributed by atoms with van der Waals surface area (Å²) in [4.78, 5) is 35.6. The molecule has 3 rings (SSSR count). The number of carboxylic acid groups (broad SMARTS) is 1. The van der Waals surface area contributed by atoms with E-state index in [2.05, 4.69) is 10.6 Å². The molecule has 0 aromatic heterocycles. The number of ether oxygens (including phenoxy) is 2. The van der Waals surface area contributed by atoms with Gasteiger partial charge in [0.1, 0.15) is 12.2 Å². The molecule has 1 heterocycles. The van der Waals surface area contributed by atoms with Crippen LogP contribution in [0.4, 0.5) is 0 Å². The molecule has 28 heavy (non-hydrogen) atoms. The third-order valence-electron chi connectivity index (χ3n) is 3.72. The third kappa shape index (κ3) is 4.60. The molecule has 1 aliphatic rings. The van der Waals surface area contributed by atoms with Gasteiger partial charge >= 0.3 is 5.97 Å². The summed E-state index contributed by atoms with van der Waals surface area (Å²) in [5, 5.41) is 13.7. The lowest BCUT2D eigenvalue weighted by Crippen LogP contribution is -2.37. The van der Waals surface area contributed by atoms with Crippen molar-refractivity contribution in [3.8, 4) is 11.5 Å². The van der Waals surface area contributed by atoms with Crippen LogP contribution in [0.2, 0.25) is 5.02 Å². The normalized spacial score (nSPS) is 12.4. The molecule has 0 radical (unpaired) electrons. The van der Waals surface area contributed by atoms with E-state index in [1.165, 1.54) is 12.1 Å². The summed E-state index contributed by atoms with van der Waals surface area (Å²) in [7, 11) is 0. The predicted octanol–water partition coefficient (Wildman–Crippen LogP) is 2.04. The molecule has 0 saturated heterocycles. The molecule has 1 aliphatic heterocycles. The topological polar surface area (TPSA) is 114 Å². The second-order valence-corrected chi connectivity index (χ2v) is 6.09.